The number of anilines is 1. The molecule has 45 heavy (non-hydrogen) atoms. The Morgan fingerprint density at radius 3 is 2.53 bits per heavy atom. The molecule has 0 saturated carbocycles. The average molecular weight is 641 g/mol. The van der Waals surface area contributed by atoms with Crippen LogP contribution in [-0.2, 0) is 4.74 Å². The number of amides is 1. The summed E-state index contributed by atoms with van der Waals surface area (Å²) in [6.45, 7) is 16.6. The summed E-state index contributed by atoms with van der Waals surface area (Å²) in [5, 5.41) is 4.20. The summed E-state index contributed by atoms with van der Waals surface area (Å²) in [7, 11) is 0. The number of rotatable bonds is 4. The molecule has 2 saturated heterocycles. The molecule has 2 fully saturated rings. The van der Waals surface area contributed by atoms with Crippen LogP contribution in [0.5, 0.6) is 0 Å². The number of hydrogen-bond acceptors (Lipinski definition) is 8. The SMILES string of the molecule is Cc1cc2c(N3C[C@@H](C)N(C(=O)OC(C)(C)C)C[C@@H]3C)nc(=O)n3c2c(c1-c1ccc(F)cc1F)SC[C@@H]3CN1CCNCC1. The van der Waals surface area contributed by atoms with Gasteiger partial charge in [-0.25, -0.2) is 18.4 Å². The van der Waals surface area contributed by atoms with Crippen LogP contribution >= 0.6 is 11.8 Å². The second-order valence-corrected chi connectivity index (χ2v) is 14.5. The third-order valence-electron chi connectivity index (χ3n) is 8.89. The van der Waals surface area contributed by atoms with Crippen LogP contribution in [0.15, 0.2) is 34.0 Å². The molecular formula is C33H42F2N6O3S. The first kappa shape index (κ1) is 31.7. The van der Waals surface area contributed by atoms with E-state index in [1.165, 1.54) is 12.1 Å². The fraction of sp³-hybridized carbons (Fsp3) is 0.545. The zero-order valence-electron chi connectivity index (χ0n) is 26.8. The molecule has 1 aromatic heterocycles. The molecule has 3 aromatic rings. The van der Waals surface area contributed by atoms with Gasteiger partial charge in [-0.3, -0.25) is 9.47 Å². The van der Waals surface area contributed by atoms with Gasteiger partial charge in [-0.1, -0.05) is 0 Å². The normalized spacial score (nSPS) is 22.6. The molecule has 0 unspecified atom stereocenters. The van der Waals surface area contributed by atoms with E-state index in [1.807, 2.05) is 52.2 Å². The van der Waals surface area contributed by atoms with E-state index in [-0.39, 0.29) is 29.9 Å². The van der Waals surface area contributed by atoms with E-state index in [1.54, 1.807) is 16.7 Å². The molecule has 3 aliphatic heterocycles. The number of carbonyl (C=O) groups is 1. The maximum atomic E-state index is 15.3. The quantitative estimate of drug-likeness (QED) is 0.425. The van der Waals surface area contributed by atoms with E-state index in [4.69, 9.17) is 9.72 Å². The summed E-state index contributed by atoms with van der Waals surface area (Å²) in [6.07, 6.45) is -0.361. The molecule has 9 nitrogen and oxygen atoms in total. The van der Waals surface area contributed by atoms with Gasteiger partial charge in [0.25, 0.3) is 0 Å². The minimum atomic E-state index is -0.638. The fourth-order valence-electron chi connectivity index (χ4n) is 6.79. The Labute approximate surface area is 266 Å². The standard InChI is InChI=1S/C33H42F2N6O3S/c1-19-13-25-28-29(27(19)24-8-7-22(34)14-26(24)35)45-18-23(17-38-11-9-36-10-12-38)41(28)31(42)37-30(25)39-15-21(3)40(16-20(39)2)32(43)44-33(4,5)6/h7-8,13-14,20-21,23,36H,9-12,15-18H2,1-6H3/t20-,21+,23-/m0/s1. The molecular weight excluding hydrogens is 598 g/mol. The van der Waals surface area contributed by atoms with E-state index in [0.29, 0.717) is 42.3 Å². The minimum absolute atomic E-state index is 0.119. The van der Waals surface area contributed by atoms with Gasteiger partial charge in [0.15, 0.2) is 0 Å². The van der Waals surface area contributed by atoms with Gasteiger partial charge in [0, 0.05) is 91.1 Å². The Kier molecular flexibility index (Phi) is 8.60. The van der Waals surface area contributed by atoms with E-state index in [2.05, 4.69) is 15.1 Å². The second kappa shape index (κ2) is 12.2. The Morgan fingerprint density at radius 2 is 1.84 bits per heavy atom. The first-order valence-corrected chi connectivity index (χ1v) is 16.7. The fourth-order valence-corrected chi connectivity index (χ4v) is 8.16. The van der Waals surface area contributed by atoms with Gasteiger partial charge < -0.3 is 19.9 Å². The van der Waals surface area contributed by atoms with Gasteiger partial charge in [-0.15, -0.1) is 11.8 Å². The summed E-state index contributed by atoms with van der Waals surface area (Å²) in [4.78, 5) is 38.9. The Morgan fingerprint density at radius 1 is 1.11 bits per heavy atom. The Balaban J connectivity index is 1.48. The topological polar surface area (TPSA) is 82.9 Å². The lowest BCUT2D eigenvalue weighted by atomic mass is 9.96. The number of carbonyl (C=O) groups excluding carboxylic acids is 1. The number of aromatic nitrogens is 2. The van der Waals surface area contributed by atoms with E-state index < -0.39 is 17.2 Å². The van der Waals surface area contributed by atoms with Gasteiger partial charge in [0.05, 0.1) is 11.6 Å². The van der Waals surface area contributed by atoms with Crippen molar-refractivity contribution in [3.05, 3.63) is 51.9 Å². The highest BCUT2D eigenvalue weighted by molar-refractivity contribution is 7.99. The number of benzene rings is 2. The molecule has 3 atom stereocenters. The van der Waals surface area contributed by atoms with Gasteiger partial charge in [0.2, 0.25) is 0 Å². The summed E-state index contributed by atoms with van der Waals surface area (Å²) in [6, 6.07) is 5.19. The zero-order valence-corrected chi connectivity index (χ0v) is 27.6. The van der Waals surface area contributed by atoms with Crippen LogP contribution in [0.1, 0.15) is 46.2 Å². The van der Waals surface area contributed by atoms with Crippen LogP contribution in [0, 0.1) is 18.6 Å². The molecule has 12 heteroatoms. The molecule has 0 radical (unpaired) electrons. The molecule has 242 valence electrons. The monoisotopic (exact) mass is 640 g/mol. The van der Waals surface area contributed by atoms with Crippen LogP contribution in [0.4, 0.5) is 19.4 Å². The Hall–Kier alpha value is -3.22. The highest BCUT2D eigenvalue weighted by Crippen LogP contribution is 2.46. The molecule has 6 rings (SSSR count). The number of nitrogens with one attached hydrogen (secondary N) is 1. The smallest absolute Gasteiger partial charge is 0.410 e. The number of hydrogen-bond donors (Lipinski definition) is 1. The summed E-state index contributed by atoms with van der Waals surface area (Å²) in [5.41, 5.74) is 1.58. The zero-order chi connectivity index (χ0) is 32.2. The molecule has 1 N–H and O–H groups in total. The lowest BCUT2D eigenvalue weighted by Gasteiger charge is -2.45. The third-order valence-corrected chi connectivity index (χ3v) is 10.1. The van der Waals surface area contributed by atoms with E-state index in [9.17, 15) is 14.0 Å². The molecule has 4 heterocycles. The van der Waals surface area contributed by atoms with E-state index in [0.717, 1.165) is 53.6 Å². The number of ether oxygens (including phenoxy) is 1. The van der Waals surface area contributed by atoms with Crippen LogP contribution in [-0.4, -0.2) is 94.7 Å². The average Bonchev–Trinajstić information content (AvgIpc) is 2.96. The van der Waals surface area contributed by atoms with Gasteiger partial charge in [-0.05, 0) is 65.3 Å². The molecule has 0 aliphatic carbocycles. The van der Waals surface area contributed by atoms with Crippen molar-refractivity contribution < 1.29 is 18.3 Å². The van der Waals surface area contributed by atoms with Crippen molar-refractivity contribution in [3.8, 4) is 11.1 Å². The maximum absolute atomic E-state index is 15.3. The summed E-state index contributed by atoms with van der Waals surface area (Å²) >= 11 is 1.62. The van der Waals surface area contributed by atoms with Crippen LogP contribution < -0.4 is 15.9 Å². The molecule has 1 amide bonds. The lowest BCUT2D eigenvalue weighted by Crippen LogP contribution is -2.59. The highest BCUT2D eigenvalue weighted by atomic mass is 32.2. The van der Waals surface area contributed by atoms with Crippen LogP contribution in [0.25, 0.3) is 22.0 Å². The summed E-state index contributed by atoms with van der Waals surface area (Å²) in [5.74, 6) is -0.0765. The van der Waals surface area contributed by atoms with Gasteiger partial charge >= 0.3 is 11.8 Å². The number of thioether (sulfide) groups is 1. The van der Waals surface area contributed by atoms with Crippen molar-refractivity contribution in [3.63, 3.8) is 0 Å². The van der Waals surface area contributed by atoms with Crippen molar-refractivity contribution in [2.75, 3.05) is 56.5 Å². The predicted octanol–water partition coefficient (Wildman–Crippen LogP) is 5.04. The Bertz CT molecular complexity index is 1690. The molecule has 0 bridgehead atoms. The van der Waals surface area contributed by atoms with Crippen molar-refractivity contribution >= 4 is 34.6 Å². The molecule has 3 aliphatic rings. The van der Waals surface area contributed by atoms with Gasteiger partial charge in [0.1, 0.15) is 23.1 Å². The lowest BCUT2D eigenvalue weighted by molar-refractivity contribution is 0.0130. The van der Waals surface area contributed by atoms with E-state index >= 15 is 4.39 Å². The summed E-state index contributed by atoms with van der Waals surface area (Å²) < 4.78 is 36.7. The second-order valence-electron chi connectivity index (χ2n) is 13.5. The van der Waals surface area contributed by atoms with Gasteiger partial charge in [-0.2, -0.15) is 4.98 Å². The number of aryl methyl sites for hydroxylation is 1. The number of halogens is 2. The third kappa shape index (κ3) is 6.16. The number of nitrogens with zero attached hydrogens (tertiary/aromatic N) is 5. The van der Waals surface area contributed by atoms with Crippen LogP contribution in [0.2, 0.25) is 0 Å². The van der Waals surface area contributed by atoms with Crippen molar-refractivity contribution in [1.82, 2.24) is 24.7 Å². The van der Waals surface area contributed by atoms with Crippen molar-refractivity contribution in [2.45, 2.75) is 70.2 Å². The molecule has 2 aromatic carbocycles. The number of piperazine rings is 2. The molecule has 0 spiro atoms. The highest BCUT2D eigenvalue weighted by Gasteiger charge is 2.38. The largest absolute Gasteiger partial charge is 0.444 e. The predicted molar refractivity (Wildman–Crippen MR) is 174 cm³/mol. The first-order chi connectivity index (χ1) is 21.3. The minimum Gasteiger partial charge on any atom is -0.444 e. The maximum Gasteiger partial charge on any atom is 0.410 e. The first-order valence-electron chi connectivity index (χ1n) is 15.7. The van der Waals surface area contributed by atoms with Crippen LogP contribution in [0.3, 0.4) is 0 Å². The van der Waals surface area contributed by atoms with Crippen molar-refractivity contribution in [1.29, 1.82) is 0 Å². The van der Waals surface area contributed by atoms with Crippen molar-refractivity contribution in [2.24, 2.45) is 0 Å².